The largest absolute Gasteiger partial charge is 0.310 e. The molecule has 1 nitrogen and oxygen atoms in total. The summed E-state index contributed by atoms with van der Waals surface area (Å²) < 4.78 is 0. The van der Waals surface area contributed by atoms with Gasteiger partial charge < -0.3 is 4.90 Å². The van der Waals surface area contributed by atoms with Crippen LogP contribution in [0.3, 0.4) is 0 Å². The van der Waals surface area contributed by atoms with Gasteiger partial charge >= 0.3 is 0 Å². The molecule has 1 heteroatoms. The molecule has 0 unspecified atom stereocenters. The summed E-state index contributed by atoms with van der Waals surface area (Å²) in [6.45, 7) is 7.94. The molecular formula is C49H37N. The average molecular weight is 640 g/mol. The van der Waals surface area contributed by atoms with Crippen molar-refractivity contribution in [2.75, 3.05) is 4.90 Å². The van der Waals surface area contributed by atoms with Gasteiger partial charge in [0.2, 0.25) is 0 Å². The van der Waals surface area contributed by atoms with Gasteiger partial charge in [0.05, 0.1) is 11.1 Å². The van der Waals surface area contributed by atoms with Crippen molar-refractivity contribution in [1.82, 2.24) is 0 Å². The lowest BCUT2D eigenvalue weighted by Crippen LogP contribution is -2.28. The summed E-state index contributed by atoms with van der Waals surface area (Å²) >= 11 is 0. The van der Waals surface area contributed by atoms with Gasteiger partial charge in [-0.1, -0.05) is 183 Å². The Hall–Kier alpha value is -6.44. The van der Waals surface area contributed by atoms with Crippen LogP contribution in [0.15, 0.2) is 213 Å². The van der Waals surface area contributed by atoms with E-state index in [2.05, 4.69) is 200 Å². The van der Waals surface area contributed by atoms with Gasteiger partial charge in [-0.25, -0.2) is 0 Å². The Balaban J connectivity index is 1.39. The van der Waals surface area contributed by atoms with Crippen LogP contribution in [0.4, 0.5) is 17.1 Å². The molecule has 0 N–H and O–H groups in total. The minimum Gasteiger partial charge on any atom is -0.310 e. The molecule has 238 valence electrons. The monoisotopic (exact) mass is 639 g/mol. The van der Waals surface area contributed by atoms with Crippen LogP contribution in [-0.2, 0) is 5.41 Å². The Morgan fingerprint density at radius 2 is 1.00 bits per heavy atom. The molecule has 0 bridgehead atoms. The third kappa shape index (κ3) is 5.12. The quantitative estimate of drug-likeness (QED) is 0.142. The Kier molecular flexibility index (Phi) is 8.16. The smallest absolute Gasteiger partial charge is 0.0714 e. The molecule has 0 fully saturated rings. The molecule has 7 aromatic carbocycles. The fraction of sp³-hybridized carbons (Fsp3) is 0.0204. The first kappa shape index (κ1) is 30.9. The number of nitrogens with zero attached hydrogens (tertiary/aromatic N) is 1. The fourth-order valence-corrected chi connectivity index (χ4v) is 7.73. The molecule has 7 aromatic rings. The zero-order valence-electron chi connectivity index (χ0n) is 27.9. The molecule has 0 saturated heterocycles. The number of hydrogen-bond donors (Lipinski definition) is 0. The van der Waals surface area contributed by atoms with Gasteiger partial charge in [0.15, 0.2) is 0 Å². The van der Waals surface area contributed by atoms with Crippen molar-refractivity contribution in [3.63, 3.8) is 0 Å². The first-order chi connectivity index (χ1) is 24.7. The Morgan fingerprint density at radius 1 is 0.480 bits per heavy atom. The van der Waals surface area contributed by atoms with Gasteiger partial charge in [0.1, 0.15) is 0 Å². The summed E-state index contributed by atoms with van der Waals surface area (Å²) in [7, 11) is 0. The van der Waals surface area contributed by atoms with E-state index in [9.17, 15) is 0 Å². The minimum atomic E-state index is -0.481. The van der Waals surface area contributed by atoms with E-state index in [1.165, 1.54) is 44.5 Å². The lowest BCUT2D eigenvalue weighted by Gasteiger charge is -2.34. The highest BCUT2D eigenvalue weighted by Crippen LogP contribution is 2.59. The number of fused-ring (bicyclic) bond motifs is 3. The van der Waals surface area contributed by atoms with Crippen molar-refractivity contribution in [2.45, 2.75) is 5.41 Å². The summed E-state index contributed by atoms with van der Waals surface area (Å²) in [5.41, 5.74) is 14.9. The van der Waals surface area contributed by atoms with Crippen molar-refractivity contribution in [3.8, 4) is 22.3 Å². The summed E-state index contributed by atoms with van der Waals surface area (Å²) in [6.07, 6.45) is 5.68. The van der Waals surface area contributed by atoms with Crippen LogP contribution >= 0.6 is 0 Å². The molecule has 0 heterocycles. The lowest BCUT2D eigenvalue weighted by molar-refractivity contribution is 0.768. The number of allylic oxidation sites excluding steroid dienone is 4. The maximum absolute atomic E-state index is 4.04. The molecule has 50 heavy (non-hydrogen) atoms. The molecule has 0 aromatic heterocycles. The van der Waals surface area contributed by atoms with E-state index in [0.717, 1.165) is 28.2 Å². The van der Waals surface area contributed by atoms with E-state index in [4.69, 9.17) is 0 Å². The Bertz CT molecular complexity index is 2270. The van der Waals surface area contributed by atoms with Crippen molar-refractivity contribution in [3.05, 3.63) is 241 Å². The number of anilines is 3. The van der Waals surface area contributed by atoms with Gasteiger partial charge in [-0.2, -0.15) is 0 Å². The molecule has 1 aliphatic carbocycles. The van der Waals surface area contributed by atoms with Crippen molar-refractivity contribution >= 4 is 22.6 Å². The highest BCUT2D eigenvalue weighted by atomic mass is 15.1. The first-order valence-corrected chi connectivity index (χ1v) is 17.1. The molecule has 0 radical (unpaired) electrons. The average Bonchev–Trinajstić information content (AvgIpc) is 3.50. The van der Waals surface area contributed by atoms with E-state index < -0.39 is 5.41 Å². The highest BCUT2D eigenvalue weighted by Gasteiger charge is 2.47. The van der Waals surface area contributed by atoms with Gasteiger partial charge in [0.25, 0.3) is 0 Å². The highest BCUT2D eigenvalue weighted by molar-refractivity contribution is 5.97. The number of benzene rings is 7. The zero-order valence-corrected chi connectivity index (χ0v) is 27.9. The summed E-state index contributed by atoms with van der Waals surface area (Å²) in [5, 5.41) is 0. The number of hydrogen-bond acceptors (Lipinski definition) is 1. The maximum Gasteiger partial charge on any atom is 0.0714 e. The van der Waals surface area contributed by atoms with Crippen molar-refractivity contribution < 1.29 is 0 Å². The molecule has 8 rings (SSSR count). The summed E-state index contributed by atoms with van der Waals surface area (Å²) in [6, 6.07) is 66.0. The minimum absolute atomic E-state index is 0.481. The van der Waals surface area contributed by atoms with E-state index >= 15 is 0 Å². The van der Waals surface area contributed by atoms with Gasteiger partial charge in [0, 0.05) is 16.9 Å². The molecule has 0 saturated carbocycles. The van der Waals surface area contributed by atoms with Crippen LogP contribution in [0.5, 0.6) is 0 Å². The van der Waals surface area contributed by atoms with Crippen LogP contribution in [-0.4, -0.2) is 0 Å². The Labute approximate surface area is 295 Å². The van der Waals surface area contributed by atoms with Crippen LogP contribution in [0.2, 0.25) is 0 Å². The van der Waals surface area contributed by atoms with Gasteiger partial charge in [-0.05, 0) is 80.4 Å². The number of rotatable bonds is 9. The third-order valence-electron chi connectivity index (χ3n) is 9.91. The first-order valence-electron chi connectivity index (χ1n) is 17.1. The van der Waals surface area contributed by atoms with E-state index in [1.807, 2.05) is 18.2 Å². The predicted octanol–water partition coefficient (Wildman–Crippen LogP) is 12.9. The third-order valence-corrected chi connectivity index (χ3v) is 9.91. The predicted molar refractivity (Wildman–Crippen MR) is 212 cm³/mol. The van der Waals surface area contributed by atoms with Crippen LogP contribution < -0.4 is 4.90 Å². The molecule has 1 aliphatic rings. The lowest BCUT2D eigenvalue weighted by atomic mass is 9.68. The van der Waals surface area contributed by atoms with Crippen LogP contribution in [0.1, 0.15) is 27.8 Å². The van der Waals surface area contributed by atoms with Gasteiger partial charge in [-0.3, -0.25) is 0 Å². The second-order valence-electron chi connectivity index (χ2n) is 12.6. The second kappa shape index (κ2) is 13.2. The summed E-state index contributed by atoms with van der Waals surface area (Å²) in [4.78, 5) is 2.41. The van der Waals surface area contributed by atoms with Crippen LogP contribution in [0, 0.1) is 0 Å². The second-order valence-corrected chi connectivity index (χ2v) is 12.6. The maximum atomic E-state index is 4.04. The van der Waals surface area contributed by atoms with Crippen molar-refractivity contribution in [1.29, 1.82) is 0 Å². The zero-order chi connectivity index (χ0) is 33.9. The molecule has 0 amide bonds. The topological polar surface area (TPSA) is 3.24 Å². The molecule has 0 atom stereocenters. The van der Waals surface area contributed by atoms with Crippen LogP contribution in [0.25, 0.3) is 27.8 Å². The summed E-state index contributed by atoms with van der Waals surface area (Å²) in [5.74, 6) is 0. The van der Waals surface area contributed by atoms with Gasteiger partial charge in [-0.15, -0.1) is 0 Å². The van der Waals surface area contributed by atoms with E-state index in [0.29, 0.717) is 0 Å². The molecule has 0 spiro atoms. The molecular weight excluding hydrogens is 603 g/mol. The SMILES string of the molecule is C=C/C=C(\C=C)c1ccc(N(c2ccc(-c3ccccc3)cc2)c2cccc3c2-c2ccccc2C3(c2ccccc2)c2ccccc2)cc1. The molecule has 0 aliphatic heterocycles. The van der Waals surface area contributed by atoms with E-state index in [-0.39, 0.29) is 0 Å². The Morgan fingerprint density at radius 3 is 1.60 bits per heavy atom. The fourth-order valence-electron chi connectivity index (χ4n) is 7.73. The normalized spacial score (nSPS) is 12.8. The van der Waals surface area contributed by atoms with E-state index in [1.54, 1.807) is 0 Å². The van der Waals surface area contributed by atoms with Crippen molar-refractivity contribution in [2.24, 2.45) is 0 Å². The standard InChI is InChI=1S/C49H37N/c1-3-17-36(4-2)38-28-32-42(33-29-38)50(43-34-30-39(31-35-43)37-18-8-5-9-19-37)47-27-16-26-46-48(47)44-24-14-15-25-45(44)49(46,40-20-10-6-11-21-40)41-22-12-7-13-23-41/h3-35H,1-2H2/b36-17+.